The Bertz CT molecular complexity index is 1330. The van der Waals surface area contributed by atoms with Crippen molar-refractivity contribution in [2.45, 2.75) is 43.9 Å². The summed E-state index contributed by atoms with van der Waals surface area (Å²) >= 11 is 0. The number of methoxy groups -OCH3 is 1. The van der Waals surface area contributed by atoms with Gasteiger partial charge >= 0.3 is 0 Å². The van der Waals surface area contributed by atoms with E-state index >= 15 is 0 Å². The van der Waals surface area contributed by atoms with Crippen molar-refractivity contribution >= 4 is 27.3 Å². The number of pyridine rings is 1. The third kappa shape index (κ3) is 6.34. The van der Waals surface area contributed by atoms with Gasteiger partial charge in [0.25, 0.3) is 0 Å². The molecule has 0 bridgehead atoms. The lowest BCUT2D eigenvalue weighted by molar-refractivity contribution is -0.116. The van der Waals surface area contributed by atoms with Gasteiger partial charge in [-0.1, -0.05) is 0 Å². The lowest BCUT2D eigenvalue weighted by atomic mass is 9.90. The summed E-state index contributed by atoms with van der Waals surface area (Å²) in [7, 11) is -0.697. The van der Waals surface area contributed by atoms with Crippen molar-refractivity contribution in [1.82, 2.24) is 9.29 Å². The van der Waals surface area contributed by atoms with Crippen LogP contribution in [0, 0.1) is 13.8 Å². The molecule has 0 unspecified atom stereocenters. The summed E-state index contributed by atoms with van der Waals surface area (Å²) in [5, 5.41) is 2.88. The third-order valence-corrected chi connectivity index (χ3v) is 9.34. The number of aromatic nitrogens is 1. The lowest BCUT2D eigenvalue weighted by Gasteiger charge is -2.34. The Morgan fingerprint density at radius 2 is 1.66 bits per heavy atom. The predicted octanol–water partition coefficient (Wildman–Crippen LogP) is 4.74. The minimum atomic E-state index is -3.74. The van der Waals surface area contributed by atoms with Gasteiger partial charge in [-0.15, -0.1) is 0 Å². The molecule has 202 valence electrons. The first-order valence-electron chi connectivity index (χ1n) is 12.9. The molecule has 2 heterocycles. The van der Waals surface area contributed by atoms with Gasteiger partial charge in [0.1, 0.15) is 5.75 Å². The monoisotopic (exact) mass is 536 g/mol. The summed E-state index contributed by atoms with van der Waals surface area (Å²) in [6.45, 7) is 5.52. The van der Waals surface area contributed by atoms with E-state index in [1.807, 2.05) is 36.7 Å². The van der Waals surface area contributed by atoms with Crippen molar-refractivity contribution < 1.29 is 17.9 Å². The highest BCUT2D eigenvalue weighted by Crippen LogP contribution is 2.31. The molecule has 38 heavy (non-hydrogen) atoms. The molecule has 8 nitrogen and oxygen atoms in total. The molecule has 0 spiro atoms. The van der Waals surface area contributed by atoms with E-state index in [-0.39, 0.29) is 23.8 Å². The summed E-state index contributed by atoms with van der Waals surface area (Å²) < 4.78 is 32.8. The van der Waals surface area contributed by atoms with Gasteiger partial charge in [-0.3, -0.25) is 9.78 Å². The number of nitrogens with zero attached hydrogens (tertiary/aromatic N) is 3. The molecule has 1 aliphatic rings. The summed E-state index contributed by atoms with van der Waals surface area (Å²) in [6.07, 6.45) is 5.94. The van der Waals surface area contributed by atoms with Crippen LogP contribution in [0.1, 0.15) is 41.9 Å². The average molecular weight is 537 g/mol. The SMILES string of the molecule is COc1cc(C)c(S(=O)(=O)N(C)CCC(=O)Nc2ccc(N3CCC(c4ccncc4)CC3)cc2)c(C)c1. The first kappa shape index (κ1) is 27.6. The molecule has 3 aromatic rings. The largest absolute Gasteiger partial charge is 0.497 e. The summed E-state index contributed by atoms with van der Waals surface area (Å²) in [4.78, 5) is 19.3. The fraction of sp³-hybridized carbons (Fsp3) is 0.379. The standard InChI is InChI=1S/C29H36N4O4S/c1-21-19-27(37-4)20-22(2)29(21)38(35,36)32(3)16-13-28(34)31-25-5-7-26(8-6-25)33-17-11-24(12-18-33)23-9-14-30-15-10-23/h5-10,14-15,19-20,24H,11-13,16-18H2,1-4H3,(H,31,34). The van der Waals surface area contributed by atoms with Crippen LogP contribution in [0.2, 0.25) is 0 Å². The van der Waals surface area contributed by atoms with Gasteiger partial charge in [-0.25, -0.2) is 12.7 Å². The number of anilines is 2. The van der Waals surface area contributed by atoms with Gasteiger partial charge < -0.3 is 15.0 Å². The zero-order valence-electron chi connectivity index (χ0n) is 22.5. The van der Waals surface area contributed by atoms with E-state index in [0.717, 1.165) is 31.6 Å². The molecule has 1 aromatic heterocycles. The molecule has 9 heteroatoms. The van der Waals surface area contributed by atoms with E-state index in [9.17, 15) is 13.2 Å². The molecule has 0 aliphatic carbocycles. The van der Waals surface area contributed by atoms with E-state index in [1.165, 1.54) is 16.9 Å². The molecule has 1 N–H and O–H groups in total. The molecule has 1 saturated heterocycles. The van der Waals surface area contributed by atoms with Crippen LogP contribution in [0.25, 0.3) is 0 Å². The fourth-order valence-electron chi connectivity index (χ4n) is 5.06. The maximum Gasteiger partial charge on any atom is 0.243 e. The van der Waals surface area contributed by atoms with Crippen molar-refractivity contribution in [3.05, 3.63) is 77.6 Å². The Kier molecular flexibility index (Phi) is 8.69. The minimum absolute atomic E-state index is 0.0499. The predicted molar refractivity (Wildman–Crippen MR) is 150 cm³/mol. The number of aryl methyl sites for hydroxylation is 2. The summed E-state index contributed by atoms with van der Waals surface area (Å²) in [6, 6.07) is 15.4. The number of benzene rings is 2. The van der Waals surface area contributed by atoms with E-state index in [0.29, 0.717) is 28.5 Å². The normalized spacial score (nSPS) is 14.5. The highest BCUT2D eigenvalue weighted by molar-refractivity contribution is 7.89. The quantitative estimate of drug-likeness (QED) is 0.425. The second-order valence-corrected chi connectivity index (χ2v) is 11.8. The molecule has 0 saturated carbocycles. The first-order valence-corrected chi connectivity index (χ1v) is 14.3. The topological polar surface area (TPSA) is 91.8 Å². The van der Waals surface area contributed by atoms with Gasteiger partial charge in [0.15, 0.2) is 0 Å². The van der Waals surface area contributed by atoms with Gasteiger partial charge in [0.2, 0.25) is 15.9 Å². The van der Waals surface area contributed by atoms with Crippen molar-refractivity contribution in [3.8, 4) is 5.75 Å². The smallest absolute Gasteiger partial charge is 0.243 e. The Morgan fingerprint density at radius 3 is 2.24 bits per heavy atom. The zero-order chi connectivity index (χ0) is 27.3. The van der Waals surface area contributed by atoms with Crippen LogP contribution in [0.3, 0.4) is 0 Å². The molecule has 1 amide bonds. The van der Waals surface area contributed by atoms with Crippen LogP contribution >= 0.6 is 0 Å². The minimum Gasteiger partial charge on any atom is -0.497 e. The number of hydrogen-bond acceptors (Lipinski definition) is 6. The van der Waals surface area contributed by atoms with E-state index in [2.05, 4.69) is 27.3 Å². The Labute approximate surface area is 225 Å². The van der Waals surface area contributed by atoms with Crippen molar-refractivity contribution in [3.63, 3.8) is 0 Å². The second-order valence-electron chi connectivity index (χ2n) is 9.80. The van der Waals surface area contributed by atoms with Gasteiger partial charge in [-0.05, 0) is 97.8 Å². The number of sulfonamides is 1. The molecule has 1 fully saturated rings. The maximum absolute atomic E-state index is 13.2. The molecule has 2 aromatic carbocycles. The Hall–Kier alpha value is -3.43. The highest BCUT2D eigenvalue weighted by Gasteiger charge is 2.26. The van der Waals surface area contributed by atoms with E-state index in [4.69, 9.17) is 4.74 Å². The number of carbonyl (C=O) groups is 1. The van der Waals surface area contributed by atoms with Crippen molar-refractivity contribution in [1.29, 1.82) is 0 Å². The lowest BCUT2D eigenvalue weighted by Crippen LogP contribution is -2.32. The number of ether oxygens (including phenoxy) is 1. The van der Waals surface area contributed by atoms with Crippen LogP contribution in [0.5, 0.6) is 5.75 Å². The zero-order valence-corrected chi connectivity index (χ0v) is 23.3. The van der Waals surface area contributed by atoms with Crippen molar-refractivity contribution in [2.75, 3.05) is 44.0 Å². The van der Waals surface area contributed by atoms with Crippen LogP contribution in [-0.4, -0.2) is 57.4 Å². The first-order chi connectivity index (χ1) is 18.2. The Morgan fingerprint density at radius 1 is 1.05 bits per heavy atom. The number of rotatable bonds is 9. The number of amides is 1. The number of hydrogen-bond donors (Lipinski definition) is 1. The van der Waals surface area contributed by atoms with Gasteiger partial charge in [0.05, 0.1) is 12.0 Å². The maximum atomic E-state index is 13.2. The third-order valence-electron chi connectivity index (χ3n) is 7.18. The molecule has 4 rings (SSSR count). The van der Waals surface area contributed by atoms with Crippen LogP contribution in [-0.2, 0) is 14.8 Å². The molecular weight excluding hydrogens is 500 g/mol. The molecule has 1 aliphatic heterocycles. The average Bonchev–Trinajstić information content (AvgIpc) is 2.92. The van der Waals surface area contributed by atoms with Crippen LogP contribution in [0.4, 0.5) is 11.4 Å². The number of piperidine rings is 1. The van der Waals surface area contributed by atoms with E-state index < -0.39 is 10.0 Å². The van der Waals surface area contributed by atoms with Gasteiger partial charge in [-0.2, -0.15) is 0 Å². The molecular formula is C29H36N4O4S. The Balaban J connectivity index is 1.29. The van der Waals surface area contributed by atoms with Crippen molar-refractivity contribution in [2.24, 2.45) is 0 Å². The van der Waals surface area contributed by atoms with E-state index in [1.54, 1.807) is 33.1 Å². The number of nitrogens with one attached hydrogen (secondary N) is 1. The summed E-state index contributed by atoms with van der Waals surface area (Å²) in [5.74, 6) is 0.940. The second kappa shape index (κ2) is 12.0. The molecule has 0 atom stereocenters. The number of carbonyl (C=O) groups excluding carboxylic acids is 1. The fourth-order valence-corrected chi connectivity index (χ4v) is 6.63. The molecule has 0 radical (unpaired) electrons. The van der Waals surface area contributed by atoms with Crippen LogP contribution in [0.15, 0.2) is 65.8 Å². The van der Waals surface area contributed by atoms with Crippen LogP contribution < -0.4 is 15.0 Å². The summed E-state index contributed by atoms with van der Waals surface area (Å²) in [5.41, 5.74) is 4.40. The highest BCUT2D eigenvalue weighted by atomic mass is 32.2. The van der Waals surface area contributed by atoms with Gasteiger partial charge in [0, 0.05) is 56.9 Å².